The van der Waals surface area contributed by atoms with Crippen LogP contribution in [0.2, 0.25) is 0 Å². The van der Waals surface area contributed by atoms with E-state index in [1.165, 1.54) is 19.3 Å². The van der Waals surface area contributed by atoms with Gasteiger partial charge in [-0.05, 0) is 67.7 Å². The minimum Gasteiger partial charge on any atom is -0.326 e. The maximum atomic E-state index is 12.8. The Morgan fingerprint density at radius 2 is 2.05 bits per heavy atom. The maximum absolute atomic E-state index is 12.8. The third kappa shape index (κ3) is 2.29. The monoisotopic (exact) mass is 283 g/mol. The summed E-state index contributed by atoms with van der Waals surface area (Å²) in [5.41, 5.74) is 2.86. The zero-order chi connectivity index (χ0) is 14.4. The number of carbonyl (C=O) groups is 2. The number of rotatable bonds is 2. The van der Waals surface area contributed by atoms with Gasteiger partial charge in [0, 0.05) is 23.6 Å². The number of aryl methyl sites for hydroxylation is 1. The van der Waals surface area contributed by atoms with Crippen LogP contribution in [0.3, 0.4) is 0 Å². The molecule has 0 spiro atoms. The molecule has 4 rings (SSSR count). The van der Waals surface area contributed by atoms with Gasteiger partial charge in [0.25, 0.3) is 0 Å². The second kappa shape index (κ2) is 4.97. The van der Waals surface area contributed by atoms with Gasteiger partial charge in [-0.1, -0.05) is 6.42 Å². The molecule has 1 aromatic carbocycles. The van der Waals surface area contributed by atoms with Crippen molar-refractivity contribution in [1.82, 2.24) is 0 Å². The molecule has 3 atom stereocenters. The van der Waals surface area contributed by atoms with Crippen LogP contribution in [0.5, 0.6) is 0 Å². The fourth-order valence-corrected chi connectivity index (χ4v) is 4.51. The SMILES string of the molecule is O=C1CCCc2cc(C(=O)C3CC4CCC3C4)ccc2N1. The van der Waals surface area contributed by atoms with E-state index in [9.17, 15) is 9.59 Å². The summed E-state index contributed by atoms with van der Waals surface area (Å²) in [6.07, 6.45) is 7.24. The molecule has 0 saturated heterocycles. The summed E-state index contributed by atoms with van der Waals surface area (Å²) in [7, 11) is 0. The maximum Gasteiger partial charge on any atom is 0.224 e. The number of amides is 1. The molecule has 2 aliphatic carbocycles. The molecule has 2 bridgehead atoms. The summed E-state index contributed by atoms with van der Waals surface area (Å²) in [4.78, 5) is 24.4. The Labute approximate surface area is 125 Å². The minimum atomic E-state index is 0.0842. The van der Waals surface area contributed by atoms with Gasteiger partial charge < -0.3 is 5.32 Å². The van der Waals surface area contributed by atoms with Gasteiger partial charge in [0.1, 0.15) is 0 Å². The zero-order valence-corrected chi connectivity index (χ0v) is 12.2. The van der Waals surface area contributed by atoms with Crippen molar-refractivity contribution >= 4 is 17.4 Å². The first-order valence-electron chi connectivity index (χ1n) is 8.17. The molecule has 3 heteroatoms. The normalized spacial score (nSPS) is 30.7. The summed E-state index contributed by atoms with van der Waals surface area (Å²) in [6, 6.07) is 5.84. The van der Waals surface area contributed by atoms with E-state index in [2.05, 4.69) is 5.32 Å². The molecule has 3 nitrogen and oxygen atoms in total. The predicted molar refractivity (Wildman–Crippen MR) is 81.3 cm³/mol. The third-order valence-corrected chi connectivity index (χ3v) is 5.59. The summed E-state index contributed by atoms with van der Waals surface area (Å²) in [5.74, 6) is 2.09. The highest BCUT2D eigenvalue weighted by atomic mass is 16.1. The van der Waals surface area contributed by atoms with E-state index < -0.39 is 0 Å². The molecule has 1 amide bonds. The summed E-state index contributed by atoms with van der Waals surface area (Å²) in [6.45, 7) is 0. The lowest BCUT2D eigenvalue weighted by Gasteiger charge is -2.20. The predicted octanol–water partition coefficient (Wildman–Crippen LogP) is 3.58. The average molecular weight is 283 g/mol. The van der Waals surface area contributed by atoms with E-state index in [4.69, 9.17) is 0 Å². The van der Waals surface area contributed by atoms with Crippen molar-refractivity contribution in [2.45, 2.75) is 44.9 Å². The van der Waals surface area contributed by atoms with Crippen LogP contribution < -0.4 is 5.32 Å². The molecule has 1 N–H and O–H groups in total. The van der Waals surface area contributed by atoms with Crippen LogP contribution in [0.4, 0.5) is 5.69 Å². The number of ketones is 1. The average Bonchev–Trinajstić information content (AvgIpc) is 3.06. The number of carbonyl (C=O) groups excluding carboxylic acids is 2. The van der Waals surface area contributed by atoms with Crippen LogP contribution in [-0.2, 0) is 11.2 Å². The number of anilines is 1. The smallest absolute Gasteiger partial charge is 0.224 e. The van der Waals surface area contributed by atoms with Crippen LogP contribution in [0.25, 0.3) is 0 Å². The lowest BCUT2D eigenvalue weighted by molar-refractivity contribution is -0.116. The van der Waals surface area contributed by atoms with E-state index in [-0.39, 0.29) is 11.8 Å². The first kappa shape index (κ1) is 13.1. The third-order valence-electron chi connectivity index (χ3n) is 5.59. The first-order chi connectivity index (χ1) is 10.2. The van der Waals surface area contributed by atoms with Crippen LogP contribution in [0.15, 0.2) is 18.2 Å². The Morgan fingerprint density at radius 3 is 2.81 bits per heavy atom. The Hall–Kier alpha value is -1.64. The van der Waals surface area contributed by atoms with Crippen molar-refractivity contribution in [1.29, 1.82) is 0 Å². The van der Waals surface area contributed by atoms with Crippen LogP contribution >= 0.6 is 0 Å². The van der Waals surface area contributed by atoms with Crippen LogP contribution in [-0.4, -0.2) is 11.7 Å². The molecule has 1 aliphatic heterocycles. The largest absolute Gasteiger partial charge is 0.326 e. The highest BCUT2D eigenvalue weighted by Gasteiger charge is 2.43. The number of hydrogen-bond acceptors (Lipinski definition) is 2. The lowest BCUT2D eigenvalue weighted by atomic mass is 9.83. The Balaban J connectivity index is 1.60. The number of Topliss-reactive ketones (excluding diaryl/α,β-unsaturated/α-hetero) is 1. The lowest BCUT2D eigenvalue weighted by Crippen LogP contribution is -2.21. The van der Waals surface area contributed by atoms with Gasteiger partial charge in [0.05, 0.1) is 0 Å². The quantitative estimate of drug-likeness (QED) is 0.843. The Morgan fingerprint density at radius 1 is 1.14 bits per heavy atom. The van der Waals surface area contributed by atoms with Crippen molar-refractivity contribution < 1.29 is 9.59 Å². The van der Waals surface area contributed by atoms with Crippen molar-refractivity contribution in [2.75, 3.05) is 5.32 Å². The van der Waals surface area contributed by atoms with Crippen LogP contribution in [0, 0.1) is 17.8 Å². The fraction of sp³-hybridized carbons (Fsp3) is 0.556. The number of nitrogens with one attached hydrogen (secondary N) is 1. The summed E-state index contributed by atoms with van der Waals surface area (Å²) in [5, 5.41) is 2.93. The second-order valence-corrected chi connectivity index (χ2v) is 6.92. The highest BCUT2D eigenvalue weighted by molar-refractivity contribution is 6.00. The van der Waals surface area contributed by atoms with Crippen molar-refractivity contribution in [3.05, 3.63) is 29.3 Å². The molecular formula is C18H21NO2. The Kier molecular flexibility index (Phi) is 3.09. The fourth-order valence-electron chi connectivity index (χ4n) is 4.51. The number of benzene rings is 1. The number of fused-ring (bicyclic) bond motifs is 3. The molecule has 1 heterocycles. The van der Waals surface area contributed by atoms with E-state index in [1.54, 1.807) is 0 Å². The second-order valence-electron chi connectivity index (χ2n) is 6.92. The molecule has 0 radical (unpaired) electrons. The van der Waals surface area contributed by atoms with Gasteiger partial charge in [-0.15, -0.1) is 0 Å². The van der Waals surface area contributed by atoms with Crippen molar-refractivity contribution in [3.8, 4) is 0 Å². The van der Waals surface area contributed by atoms with E-state index in [0.717, 1.165) is 42.0 Å². The number of hydrogen-bond donors (Lipinski definition) is 1. The molecule has 21 heavy (non-hydrogen) atoms. The molecule has 110 valence electrons. The van der Waals surface area contributed by atoms with Crippen molar-refractivity contribution in [2.24, 2.45) is 17.8 Å². The van der Waals surface area contributed by atoms with E-state index in [1.807, 2.05) is 18.2 Å². The van der Waals surface area contributed by atoms with Crippen molar-refractivity contribution in [3.63, 3.8) is 0 Å². The van der Waals surface area contributed by atoms with Gasteiger partial charge in [-0.3, -0.25) is 9.59 Å². The molecular weight excluding hydrogens is 262 g/mol. The summed E-state index contributed by atoms with van der Waals surface area (Å²) < 4.78 is 0. The first-order valence-corrected chi connectivity index (χ1v) is 8.17. The molecule has 3 aliphatic rings. The molecule has 1 aromatic rings. The zero-order valence-electron chi connectivity index (χ0n) is 12.2. The standard InChI is InChI=1S/C18H21NO2/c20-17-3-1-2-13-10-14(6-7-16(13)19-17)18(21)15-9-11-4-5-12(15)8-11/h6-7,10-12,15H,1-5,8-9H2,(H,19,20). The van der Waals surface area contributed by atoms with E-state index >= 15 is 0 Å². The topological polar surface area (TPSA) is 46.2 Å². The van der Waals surface area contributed by atoms with Gasteiger partial charge >= 0.3 is 0 Å². The highest BCUT2D eigenvalue weighted by Crippen LogP contribution is 2.49. The molecule has 3 unspecified atom stereocenters. The molecule has 0 aromatic heterocycles. The van der Waals surface area contributed by atoms with Gasteiger partial charge in [0.15, 0.2) is 5.78 Å². The minimum absolute atomic E-state index is 0.0842. The van der Waals surface area contributed by atoms with Gasteiger partial charge in [-0.25, -0.2) is 0 Å². The Bertz CT molecular complexity index is 607. The van der Waals surface area contributed by atoms with Gasteiger partial charge in [0.2, 0.25) is 5.91 Å². The van der Waals surface area contributed by atoms with Crippen LogP contribution in [0.1, 0.15) is 54.4 Å². The van der Waals surface area contributed by atoms with E-state index in [0.29, 0.717) is 18.1 Å². The molecule has 2 saturated carbocycles. The molecule has 2 fully saturated rings. The summed E-state index contributed by atoms with van der Waals surface area (Å²) >= 11 is 0. The van der Waals surface area contributed by atoms with Gasteiger partial charge in [-0.2, -0.15) is 0 Å².